The fourth-order valence-electron chi connectivity index (χ4n) is 2.09. The molecule has 0 aliphatic carbocycles. The van der Waals surface area contributed by atoms with Gasteiger partial charge in [-0.1, -0.05) is 18.5 Å². The van der Waals surface area contributed by atoms with Crippen LogP contribution in [0, 0.1) is 6.92 Å². The molecule has 3 nitrogen and oxygen atoms in total. The zero-order valence-corrected chi connectivity index (χ0v) is 10.7. The summed E-state index contributed by atoms with van der Waals surface area (Å²) >= 11 is 6.16. The predicted molar refractivity (Wildman–Crippen MR) is 67.2 cm³/mol. The van der Waals surface area contributed by atoms with Crippen LogP contribution in [-0.2, 0) is 6.42 Å². The summed E-state index contributed by atoms with van der Waals surface area (Å²) in [6.45, 7) is 6.33. The Hall–Kier alpha value is -0.830. The minimum atomic E-state index is 0.611. The third-order valence-electron chi connectivity index (χ3n) is 2.99. The van der Waals surface area contributed by atoms with E-state index in [2.05, 4.69) is 21.8 Å². The number of halogens is 1. The summed E-state index contributed by atoms with van der Waals surface area (Å²) in [7, 11) is 0. The zero-order chi connectivity index (χ0) is 11.5. The number of hydrogen-bond acceptors (Lipinski definition) is 3. The molecule has 0 saturated carbocycles. The van der Waals surface area contributed by atoms with E-state index in [9.17, 15) is 0 Å². The largest absolute Gasteiger partial charge is 0.356 e. The van der Waals surface area contributed by atoms with Crippen LogP contribution in [0.1, 0.15) is 37.6 Å². The number of aryl methyl sites for hydroxylation is 1. The second kappa shape index (κ2) is 5.00. The fraction of sp³-hybridized carbons (Fsp3) is 0.667. The van der Waals surface area contributed by atoms with E-state index in [1.807, 2.05) is 6.92 Å². The Morgan fingerprint density at radius 3 is 2.56 bits per heavy atom. The SMILES string of the molecule is CCCc1nc(Cl)c(C)c(N2CCCC2)n1. The van der Waals surface area contributed by atoms with Crippen molar-refractivity contribution in [3.8, 4) is 0 Å². The maximum absolute atomic E-state index is 6.16. The molecule has 0 unspecified atom stereocenters. The Morgan fingerprint density at radius 2 is 1.94 bits per heavy atom. The lowest BCUT2D eigenvalue weighted by molar-refractivity contribution is 0.812. The summed E-state index contributed by atoms with van der Waals surface area (Å²) in [6, 6.07) is 0. The van der Waals surface area contributed by atoms with Gasteiger partial charge in [0.25, 0.3) is 0 Å². The standard InChI is InChI=1S/C12H18ClN3/c1-3-6-10-14-11(13)9(2)12(15-10)16-7-4-5-8-16/h3-8H2,1-2H3. The molecule has 1 aromatic rings. The van der Waals surface area contributed by atoms with Crippen molar-refractivity contribution in [2.45, 2.75) is 39.5 Å². The van der Waals surface area contributed by atoms with Crippen LogP contribution in [0.3, 0.4) is 0 Å². The molecular formula is C12H18ClN3. The van der Waals surface area contributed by atoms with Gasteiger partial charge in [-0.15, -0.1) is 0 Å². The van der Waals surface area contributed by atoms with Crippen molar-refractivity contribution < 1.29 is 0 Å². The van der Waals surface area contributed by atoms with Gasteiger partial charge in [0.1, 0.15) is 16.8 Å². The van der Waals surface area contributed by atoms with Gasteiger partial charge in [0.05, 0.1) is 0 Å². The quantitative estimate of drug-likeness (QED) is 0.760. The molecular weight excluding hydrogens is 222 g/mol. The number of aromatic nitrogens is 2. The minimum Gasteiger partial charge on any atom is -0.356 e. The zero-order valence-electron chi connectivity index (χ0n) is 9.96. The van der Waals surface area contributed by atoms with Gasteiger partial charge >= 0.3 is 0 Å². The average Bonchev–Trinajstić information content (AvgIpc) is 2.76. The Bertz CT molecular complexity index is 373. The highest BCUT2D eigenvalue weighted by Gasteiger charge is 2.18. The molecule has 0 bridgehead atoms. The predicted octanol–water partition coefficient (Wildman–Crippen LogP) is 2.99. The Balaban J connectivity index is 2.33. The monoisotopic (exact) mass is 239 g/mol. The molecule has 16 heavy (non-hydrogen) atoms. The van der Waals surface area contributed by atoms with Crippen LogP contribution in [0.2, 0.25) is 5.15 Å². The van der Waals surface area contributed by atoms with Crippen molar-refractivity contribution in [2.75, 3.05) is 18.0 Å². The molecule has 2 rings (SSSR count). The van der Waals surface area contributed by atoms with Crippen molar-refractivity contribution in [1.29, 1.82) is 0 Å². The summed E-state index contributed by atoms with van der Waals surface area (Å²) in [4.78, 5) is 11.3. The normalized spacial score (nSPS) is 15.8. The molecule has 0 radical (unpaired) electrons. The van der Waals surface area contributed by atoms with Gasteiger partial charge in [-0.2, -0.15) is 0 Å². The third-order valence-corrected chi connectivity index (χ3v) is 3.35. The van der Waals surface area contributed by atoms with Crippen LogP contribution in [0.25, 0.3) is 0 Å². The van der Waals surface area contributed by atoms with E-state index in [-0.39, 0.29) is 0 Å². The topological polar surface area (TPSA) is 29.0 Å². The number of anilines is 1. The summed E-state index contributed by atoms with van der Waals surface area (Å²) in [5.74, 6) is 1.92. The van der Waals surface area contributed by atoms with Crippen LogP contribution >= 0.6 is 11.6 Å². The minimum absolute atomic E-state index is 0.611. The molecule has 0 N–H and O–H groups in total. The summed E-state index contributed by atoms with van der Waals surface area (Å²) in [5, 5.41) is 0.611. The van der Waals surface area contributed by atoms with Gasteiger partial charge in [-0.25, -0.2) is 9.97 Å². The molecule has 1 saturated heterocycles. The lowest BCUT2D eigenvalue weighted by Gasteiger charge is -2.19. The molecule has 0 amide bonds. The van der Waals surface area contributed by atoms with Crippen LogP contribution in [0.15, 0.2) is 0 Å². The molecule has 1 aliphatic rings. The molecule has 2 heterocycles. The van der Waals surface area contributed by atoms with E-state index in [1.165, 1.54) is 12.8 Å². The summed E-state index contributed by atoms with van der Waals surface area (Å²) in [6.07, 6.45) is 4.47. The van der Waals surface area contributed by atoms with Crippen molar-refractivity contribution in [2.24, 2.45) is 0 Å². The van der Waals surface area contributed by atoms with Gasteiger partial charge in [0.15, 0.2) is 0 Å². The highest BCUT2D eigenvalue weighted by Crippen LogP contribution is 2.26. The first-order valence-corrected chi connectivity index (χ1v) is 6.38. The van der Waals surface area contributed by atoms with E-state index < -0.39 is 0 Å². The maximum Gasteiger partial charge on any atom is 0.137 e. The van der Waals surface area contributed by atoms with Gasteiger partial charge in [-0.3, -0.25) is 0 Å². The first-order chi connectivity index (χ1) is 7.72. The van der Waals surface area contributed by atoms with Crippen molar-refractivity contribution in [1.82, 2.24) is 9.97 Å². The van der Waals surface area contributed by atoms with E-state index in [1.54, 1.807) is 0 Å². The third kappa shape index (κ3) is 2.29. The Kier molecular flexibility index (Phi) is 3.64. The fourth-order valence-corrected chi connectivity index (χ4v) is 2.27. The van der Waals surface area contributed by atoms with Crippen LogP contribution in [0.5, 0.6) is 0 Å². The second-order valence-corrected chi connectivity index (χ2v) is 4.68. The molecule has 0 atom stereocenters. The molecule has 1 aromatic heterocycles. The number of hydrogen-bond donors (Lipinski definition) is 0. The van der Waals surface area contributed by atoms with Crippen LogP contribution in [0.4, 0.5) is 5.82 Å². The molecule has 88 valence electrons. The smallest absolute Gasteiger partial charge is 0.137 e. The van der Waals surface area contributed by atoms with E-state index in [4.69, 9.17) is 11.6 Å². The van der Waals surface area contributed by atoms with Gasteiger partial charge in [-0.05, 0) is 26.2 Å². The highest BCUT2D eigenvalue weighted by molar-refractivity contribution is 6.30. The summed E-state index contributed by atoms with van der Waals surface area (Å²) < 4.78 is 0. The van der Waals surface area contributed by atoms with Crippen LogP contribution in [-0.4, -0.2) is 23.1 Å². The molecule has 0 spiro atoms. The Labute approximate surface area is 102 Å². The lowest BCUT2D eigenvalue weighted by atomic mass is 10.3. The molecule has 4 heteroatoms. The number of nitrogens with zero attached hydrogens (tertiary/aromatic N) is 3. The summed E-state index contributed by atoms with van der Waals surface area (Å²) in [5.41, 5.74) is 1.02. The van der Waals surface area contributed by atoms with E-state index in [0.717, 1.165) is 43.1 Å². The van der Waals surface area contributed by atoms with Gasteiger partial charge in [0.2, 0.25) is 0 Å². The van der Waals surface area contributed by atoms with Crippen LogP contribution < -0.4 is 4.90 Å². The maximum atomic E-state index is 6.16. The first kappa shape index (κ1) is 11.6. The van der Waals surface area contributed by atoms with Gasteiger partial charge in [0, 0.05) is 25.1 Å². The van der Waals surface area contributed by atoms with Crippen molar-refractivity contribution in [3.63, 3.8) is 0 Å². The first-order valence-electron chi connectivity index (χ1n) is 6.00. The average molecular weight is 240 g/mol. The van der Waals surface area contributed by atoms with E-state index in [0.29, 0.717) is 5.15 Å². The Morgan fingerprint density at radius 1 is 1.25 bits per heavy atom. The second-order valence-electron chi connectivity index (χ2n) is 4.32. The molecule has 1 aliphatic heterocycles. The van der Waals surface area contributed by atoms with Crippen molar-refractivity contribution >= 4 is 17.4 Å². The number of rotatable bonds is 3. The van der Waals surface area contributed by atoms with E-state index >= 15 is 0 Å². The van der Waals surface area contributed by atoms with Crippen molar-refractivity contribution in [3.05, 3.63) is 16.5 Å². The molecule has 1 fully saturated rings. The van der Waals surface area contributed by atoms with Gasteiger partial charge < -0.3 is 4.90 Å². The lowest BCUT2D eigenvalue weighted by Crippen LogP contribution is -2.21. The molecule has 0 aromatic carbocycles. The highest BCUT2D eigenvalue weighted by atomic mass is 35.5.